The second-order valence-electron chi connectivity index (χ2n) is 11.7. The lowest BCUT2D eigenvalue weighted by atomic mass is 9.73. The Kier molecular flexibility index (Phi) is 7.99. The number of carbonyl (C=O) groups excluding carboxylic acids is 1. The first-order valence-corrected chi connectivity index (χ1v) is 13.0. The summed E-state index contributed by atoms with van der Waals surface area (Å²) in [5.74, 6) is -1.06. The molecule has 1 amide bonds. The van der Waals surface area contributed by atoms with Crippen LogP contribution in [0.5, 0.6) is 5.88 Å². The molecule has 0 unspecified atom stereocenters. The molecule has 8 nitrogen and oxygen atoms in total. The van der Waals surface area contributed by atoms with E-state index in [9.17, 15) is 23.1 Å². The number of carbonyl (C=O) groups is 1. The van der Waals surface area contributed by atoms with Gasteiger partial charge in [0.15, 0.2) is 0 Å². The van der Waals surface area contributed by atoms with Crippen molar-refractivity contribution in [1.29, 1.82) is 0 Å². The minimum Gasteiger partial charge on any atom is -0.471 e. The SMILES string of the molecule is CC(=O)N[C@@H](Cc1ccnc(C(F)(F)F)n1)[C@H](O)CN[C@H]1CC2(CCC2)Oc2ncc(CC(C)(C)C)cc21. The molecule has 0 aromatic carbocycles. The van der Waals surface area contributed by atoms with Gasteiger partial charge in [0, 0.05) is 56.0 Å². The summed E-state index contributed by atoms with van der Waals surface area (Å²) in [6.07, 6.45) is 1.54. The van der Waals surface area contributed by atoms with E-state index in [1.54, 1.807) is 0 Å². The summed E-state index contributed by atoms with van der Waals surface area (Å²) >= 11 is 0. The number of aliphatic hydroxyl groups excluding tert-OH is 1. The van der Waals surface area contributed by atoms with E-state index in [1.807, 2.05) is 6.20 Å². The van der Waals surface area contributed by atoms with Crippen LogP contribution in [0.3, 0.4) is 0 Å². The lowest BCUT2D eigenvalue weighted by molar-refractivity contribution is -0.145. The molecule has 1 spiro atoms. The van der Waals surface area contributed by atoms with Crippen molar-refractivity contribution in [2.45, 2.75) is 96.2 Å². The number of hydrogen-bond donors (Lipinski definition) is 3. The lowest BCUT2D eigenvalue weighted by Crippen LogP contribution is -2.52. The molecule has 208 valence electrons. The summed E-state index contributed by atoms with van der Waals surface area (Å²) in [6.45, 7) is 7.89. The number of nitrogens with one attached hydrogen (secondary N) is 2. The van der Waals surface area contributed by atoms with Gasteiger partial charge in [0.2, 0.25) is 17.6 Å². The zero-order valence-electron chi connectivity index (χ0n) is 22.2. The van der Waals surface area contributed by atoms with E-state index in [0.717, 1.165) is 49.4 Å². The summed E-state index contributed by atoms with van der Waals surface area (Å²) in [4.78, 5) is 23.3. The van der Waals surface area contributed by atoms with Crippen molar-refractivity contribution in [3.8, 4) is 5.88 Å². The highest BCUT2D eigenvalue weighted by Gasteiger charge is 2.46. The molecule has 3 heterocycles. The minimum absolute atomic E-state index is 0.0750. The van der Waals surface area contributed by atoms with E-state index in [-0.39, 0.29) is 35.7 Å². The average Bonchev–Trinajstić information content (AvgIpc) is 2.79. The van der Waals surface area contributed by atoms with Gasteiger partial charge >= 0.3 is 6.18 Å². The second-order valence-corrected chi connectivity index (χ2v) is 11.7. The van der Waals surface area contributed by atoms with Gasteiger partial charge in [-0.2, -0.15) is 13.2 Å². The van der Waals surface area contributed by atoms with Gasteiger partial charge in [-0.05, 0) is 48.8 Å². The maximum absolute atomic E-state index is 13.1. The van der Waals surface area contributed by atoms with E-state index in [1.165, 1.54) is 13.0 Å². The van der Waals surface area contributed by atoms with E-state index < -0.39 is 30.1 Å². The van der Waals surface area contributed by atoms with E-state index >= 15 is 0 Å². The van der Waals surface area contributed by atoms with Crippen molar-refractivity contribution in [1.82, 2.24) is 25.6 Å². The number of aliphatic hydroxyl groups is 1. The van der Waals surface area contributed by atoms with Crippen LogP contribution in [0.25, 0.3) is 0 Å². The molecule has 2 aromatic rings. The predicted octanol–water partition coefficient (Wildman–Crippen LogP) is 3.92. The molecule has 2 aliphatic rings. The van der Waals surface area contributed by atoms with Crippen molar-refractivity contribution in [2.75, 3.05) is 6.54 Å². The van der Waals surface area contributed by atoms with Gasteiger partial charge in [-0.3, -0.25) is 4.79 Å². The molecule has 4 rings (SSSR count). The molecule has 3 N–H and O–H groups in total. The van der Waals surface area contributed by atoms with Crippen LogP contribution in [0.2, 0.25) is 0 Å². The molecule has 0 bridgehead atoms. The Hall–Kier alpha value is -2.79. The van der Waals surface area contributed by atoms with E-state index in [4.69, 9.17) is 4.74 Å². The highest BCUT2D eigenvalue weighted by molar-refractivity contribution is 5.73. The number of aromatic nitrogens is 3. The number of rotatable bonds is 8. The van der Waals surface area contributed by atoms with Crippen LogP contribution in [0.4, 0.5) is 13.2 Å². The van der Waals surface area contributed by atoms with Gasteiger partial charge in [-0.15, -0.1) is 0 Å². The first kappa shape index (κ1) is 28.2. The molecule has 1 saturated carbocycles. The zero-order chi connectivity index (χ0) is 27.7. The maximum Gasteiger partial charge on any atom is 0.451 e. The molecule has 0 radical (unpaired) electrons. The lowest BCUT2D eigenvalue weighted by Gasteiger charge is -2.47. The van der Waals surface area contributed by atoms with Gasteiger partial charge in [-0.25, -0.2) is 15.0 Å². The monoisotopic (exact) mass is 535 g/mol. The summed E-state index contributed by atoms with van der Waals surface area (Å²) in [6, 6.07) is 2.48. The Morgan fingerprint density at radius 3 is 2.61 bits per heavy atom. The van der Waals surface area contributed by atoms with E-state index in [0.29, 0.717) is 5.88 Å². The Labute approximate surface area is 220 Å². The zero-order valence-corrected chi connectivity index (χ0v) is 22.2. The standard InChI is InChI=1S/C27H36F3N5O3/c1-16(36)34-20(11-18-6-9-31-24(35-18)27(28,29)30)22(37)15-32-21-13-26(7-5-8-26)38-23-19(21)10-17(14-33-23)12-25(2,3)4/h6,9-10,14,20-22,32,37H,5,7-8,11-13,15H2,1-4H3,(H,34,36)/t20-,21-,22+/m0/s1. The first-order chi connectivity index (χ1) is 17.7. The number of halogens is 3. The van der Waals surface area contributed by atoms with Gasteiger partial charge in [0.25, 0.3) is 0 Å². The van der Waals surface area contributed by atoms with Crippen LogP contribution in [0.15, 0.2) is 24.5 Å². The molecular weight excluding hydrogens is 499 g/mol. The summed E-state index contributed by atoms with van der Waals surface area (Å²) in [5.41, 5.74) is 1.90. The smallest absolute Gasteiger partial charge is 0.451 e. The normalized spacial score (nSPS) is 20.2. The van der Waals surface area contributed by atoms with Crippen LogP contribution in [0, 0.1) is 5.41 Å². The molecule has 11 heteroatoms. The van der Waals surface area contributed by atoms with Gasteiger partial charge < -0.3 is 20.5 Å². The van der Waals surface area contributed by atoms with Crippen LogP contribution in [-0.4, -0.2) is 50.3 Å². The number of pyridine rings is 1. The molecule has 3 atom stereocenters. The molecule has 1 aliphatic heterocycles. The molecule has 1 fully saturated rings. The van der Waals surface area contributed by atoms with Gasteiger partial charge in [0.05, 0.1) is 12.1 Å². The third-order valence-electron chi connectivity index (χ3n) is 7.02. The fourth-order valence-electron chi connectivity index (χ4n) is 5.17. The fourth-order valence-corrected chi connectivity index (χ4v) is 5.17. The number of hydrogen-bond acceptors (Lipinski definition) is 7. The van der Waals surface area contributed by atoms with Crippen LogP contribution in [0.1, 0.15) is 82.1 Å². The van der Waals surface area contributed by atoms with Crippen LogP contribution >= 0.6 is 0 Å². The second kappa shape index (κ2) is 10.8. The number of fused-ring (bicyclic) bond motifs is 1. The Morgan fingerprint density at radius 2 is 2.00 bits per heavy atom. The molecule has 38 heavy (non-hydrogen) atoms. The van der Waals surface area contributed by atoms with Crippen molar-refractivity contribution < 1.29 is 27.8 Å². The van der Waals surface area contributed by atoms with Crippen molar-refractivity contribution in [2.24, 2.45) is 5.41 Å². The molecule has 1 aliphatic carbocycles. The highest BCUT2D eigenvalue weighted by Crippen LogP contribution is 2.48. The maximum atomic E-state index is 13.1. The number of ether oxygens (including phenoxy) is 1. The number of amides is 1. The van der Waals surface area contributed by atoms with Crippen LogP contribution in [-0.2, 0) is 23.8 Å². The Balaban J connectivity index is 1.51. The topological polar surface area (TPSA) is 109 Å². The quantitative estimate of drug-likeness (QED) is 0.470. The van der Waals surface area contributed by atoms with Crippen molar-refractivity contribution in [3.63, 3.8) is 0 Å². The third kappa shape index (κ3) is 6.99. The van der Waals surface area contributed by atoms with E-state index in [2.05, 4.69) is 52.4 Å². The van der Waals surface area contributed by atoms with Gasteiger partial charge in [0.1, 0.15) is 5.60 Å². The Morgan fingerprint density at radius 1 is 1.26 bits per heavy atom. The molecule has 0 saturated heterocycles. The molecular formula is C27H36F3N5O3. The fraction of sp³-hybridized carbons (Fsp3) is 0.630. The van der Waals surface area contributed by atoms with Crippen molar-refractivity contribution in [3.05, 3.63) is 47.2 Å². The van der Waals surface area contributed by atoms with Gasteiger partial charge in [-0.1, -0.05) is 20.8 Å². The number of alkyl halides is 3. The molecule has 2 aromatic heterocycles. The minimum atomic E-state index is -4.69. The summed E-state index contributed by atoms with van der Waals surface area (Å²) < 4.78 is 45.5. The highest BCUT2D eigenvalue weighted by atomic mass is 19.4. The Bertz CT molecular complexity index is 1150. The number of nitrogens with zero attached hydrogens (tertiary/aromatic N) is 3. The van der Waals surface area contributed by atoms with Crippen molar-refractivity contribution >= 4 is 5.91 Å². The predicted molar refractivity (Wildman–Crippen MR) is 134 cm³/mol. The average molecular weight is 536 g/mol. The first-order valence-electron chi connectivity index (χ1n) is 13.0. The summed E-state index contributed by atoms with van der Waals surface area (Å²) in [7, 11) is 0. The third-order valence-corrected chi connectivity index (χ3v) is 7.02. The summed E-state index contributed by atoms with van der Waals surface area (Å²) in [5, 5.41) is 17.1. The largest absolute Gasteiger partial charge is 0.471 e. The van der Waals surface area contributed by atoms with Crippen LogP contribution < -0.4 is 15.4 Å².